The number of hydrogen-bond acceptors (Lipinski definition) is 5. The highest BCUT2D eigenvalue weighted by atomic mass is 16.6. The van der Waals surface area contributed by atoms with E-state index in [4.69, 9.17) is 9.47 Å². The van der Waals surface area contributed by atoms with E-state index < -0.39 is 0 Å². The van der Waals surface area contributed by atoms with E-state index in [0.717, 1.165) is 24.6 Å². The van der Waals surface area contributed by atoms with E-state index in [-0.39, 0.29) is 24.3 Å². The minimum atomic E-state index is 0.0298. The van der Waals surface area contributed by atoms with E-state index in [2.05, 4.69) is 70.4 Å². The van der Waals surface area contributed by atoms with Crippen LogP contribution in [0.15, 0.2) is 60.8 Å². The molecule has 0 unspecified atom stereocenters. The van der Waals surface area contributed by atoms with Crippen LogP contribution >= 0.6 is 0 Å². The maximum absolute atomic E-state index is 6.21. The number of aromatic nitrogens is 3. The molecular weight excluding hydrogens is 424 g/mol. The second-order valence-corrected chi connectivity index (χ2v) is 10.1. The molecule has 1 saturated carbocycles. The van der Waals surface area contributed by atoms with Crippen LogP contribution in [0.1, 0.15) is 49.4 Å². The Labute approximate surface area is 201 Å². The second kappa shape index (κ2) is 9.98. The maximum Gasteiger partial charge on any atom is 0.110 e. The average Bonchev–Trinajstić information content (AvgIpc) is 3.62. The van der Waals surface area contributed by atoms with Crippen molar-refractivity contribution in [3.05, 3.63) is 72.1 Å². The van der Waals surface area contributed by atoms with Crippen LogP contribution in [0.3, 0.4) is 0 Å². The van der Waals surface area contributed by atoms with Crippen molar-refractivity contribution in [1.82, 2.24) is 20.3 Å². The van der Waals surface area contributed by atoms with Gasteiger partial charge in [-0.2, -0.15) is 0 Å². The molecule has 2 aliphatic heterocycles. The highest BCUT2D eigenvalue weighted by Crippen LogP contribution is 2.34. The molecule has 0 spiro atoms. The first-order valence-electron chi connectivity index (χ1n) is 12.9. The van der Waals surface area contributed by atoms with E-state index in [1.165, 1.54) is 48.8 Å². The summed E-state index contributed by atoms with van der Waals surface area (Å²) in [7, 11) is 0. The number of fused-ring (bicyclic) bond motifs is 1. The van der Waals surface area contributed by atoms with E-state index in [1.54, 1.807) is 0 Å². The molecule has 178 valence electrons. The summed E-state index contributed by atoms with van der Waals surface area (Å²) in [5, 5.41) is 12.6. The van der Waals surface area contributed by atoms with E-state index in [0.29, 0.717) is 13.2 Å². The van der Waals surface area contributed by atoms with Gasteiger partial charge in [-0.1, -0.05) is 91.9 Å². The number of benzene rings is 2. The van der Waals surface area contributed by atoms with Crippen LogP contribution in [0.4, 0.5) is 0 Å². The fraction of sp³-hybridized carbons (Fsp3) is 0.500. The fourth-order valence-electron chi connectivity index (χ4n) is 5.83. The zero-order valence-corrected chi connectivity index (χ0v) is 19.7. The summed E-state index contributed by atoms with van der Waals surface area (Å²) in [6, 6.07) is 19.6. The van der Waals surface area contributed by atoms with Crippen molar-refractivity contribution < 1.29 is 9.47 Å². The Kier molecular flexibility index (Phi) is 6.45. The third-order valence-corrected chi connectivity index (χ3v) is 7.78. The van der Waals surface area contributed by atoms with Crippen LogP contribution in [-0.2, 0) is 22.4 Å². The number of hydrogen-bond donors (Lipinski definition) is 1. The number of nitrogens with zero attached hydrogens (tertiary/aromatic N) is 3. The van der Waals surface area contributed by atoms with Gasteiger partial charge in [0.05, 0.1) is 24.9 Å². The first-order valence-corrected chi connectivity index (χ1v) is 12.9. The van der Waals surface area contributed by atoms with Gasteiger partial charge in [-0.3, -0.25) is 0 Å². The molecule has 3 aromatic rings. The van der Waals surface area contributed by atoms with Crippen LogP contribution < -0.4 is 5.32 Å². The van der Waals surface area contributed by atoms with Crippen molar-refractivity contribution in [2.24, 2.45) is 5.92 Å². The van der Waals surface area contributed by atoms with E-state index in [9.17, 15) is 0 Å². The predicted octanol–water partition coefficient (Wildman–Crippen LogP) is 4.57. The average molecular weight is 459 g/mol. The zero-order chi connectivity index (χ0) is 22.7. The first kappa shape index (κ1) is 22.0. The van der Waals surface area contributed by atoms with Crippen LogP contribution in [-0.4, -0.2) is 46.5 Å². The zero-order valence-electron chi connectivity index (χ0n) is 19.7. The van der Waals surface area contributed by atoms with Gasteiger partial charge in [0.1, 0.15) is 18.2 Å². The maximum atomic E-state index is 6.21. The molecule has 1 aromatic heterocycles. The summed E-state index contributed by atoms with van der Waals surface area (Å²) in [4.78, 5) is 0. The quantitative estimate of drug-likeness (QED) is 0.562. The van der Waals surface area contributed by atoms with Crippen molar-refractivity contribution >= 4 is 0 Å². The highest BCUT2D eigenvalue weighted by Gasteiger charge is 2.48. The summed E-state index contributed by atoms with van der Waals surface area (Å²) >= 11 is 0. The number of ether oxygens (including phenoxy) is 2. The molecular formula is C28H34N4O2. The van der Waals surface area contributed by atoms with Crippen molar-refractivity contribution in [1.29, 1.82) is 0 Å². The Bertz CT molecular complexity index is 1060. The minimum Gasteiger partial charge on any atom is -0.371 e. The molecule has 6 nitrogen and oxygen atoms in total. The van der Waals surface area contributed by atoms with Gasteiger partial charge in [0.2, 0.25) is 0 Å². The highest BCUT2D eigenvalue weighted by molar-refractivity contribution is 5.63. The molecule has 3 aliphatic rings. The molecule has 3 heterocycles. The monoisotopic (exact) mass is 458 g/mol. The van der Waals surface area contributed by atoms with Gasteiger partial charge in [0.25, 0.3) is 0 Å². The SMILES string of the molecule is c1ccc(-c2ccc(CN[C@H]3CO[C@H]4[C@@H]3OC[C@@H]4n3cc(CC4CCCCC4)nn3)cc2)cc1. The van der Waals surface area contributed by atoms with Gasteiger partial charge >= 0.3 is 0 Å². The Morgan fingerprint density at radius 3 is 2.44 bits per heavy atom. The lowest BCUT2D eigenvalue weighted by Gasteiger charge is -2.20. The summed E-state index contributed by atoms with van der Waals surface area (Å²) in [5.41, 5.74) is 4.86. The standard InChI is InChI=1S/C28H34N4O2/c1-3-7-20(8-4-1)15-24-17-32(31-30-24)26-19-34-27-25(18-33-28(26)27)29-16-21-11-13-23(14-12-21)22-9-5-2-6-10-22/h2,5-6,9-14,17,20,25-29H,1,3-4,7-8,15-16,18-19H2/t25-,26-,27+,28+/m0/s1. The molecule has 0 amide bonds. The van der Waals surface area contributed by atoms with Crippen LogP contribution in [0.5, 0.6) is 0 Å². The lowest BCUT2D eigenvalue weighted by molar-refractivity contribution is 0.0619. The molecule has 2 saturated heterocycles. The second-order valence-electron chi connectivity index (χ2n) is 10.1. The summed E-state index contributed by atoms with van der Waals surface area (Å²) < 4.78 is 14.4. The molecule has 34 heavy (non-hydrogen) atoms. The van der Waals surface area contributed by atoms with Crippen molar-refractivity contribution in [2.75, 3.05) is 13.2 Å². The Morgan fingerprint density at radius 2 is 1.62 bits per heavy atom. The van der Waals surface area contributed by atoms with Crippen LogP contribution in [0.2, 0.25) is 0 Å². The normalized spacial score (nSPS) is 27.2. The Morgan fingerprint density at radius 1 is 0.853 bits per heavy atom. The Balaban J connectivity index is 1.03. The summed E-state index contributed by atoms with van der Waals surface area (Å²) in [6.45, 7) is 2.10. The topological polar surface area (TPSA) is 61.2 Å². The van der Waals surface area contributed by atoms with E-state index in [1.807, 2.05) is 10.7 Å². The van der Waals surface area contributed by atoms with Gasteiger partial charge in [0, 0.05) is 12.7 Å². The molecule has 1 aliphatic carbocycles. The lowest BCUT2D eigenvalue weighted by atomic mass is 9.86. The molecule has 4 atom stereocenters. The lowest BCUT2D eigenvalue weighted by Crippen LogP contribution is -2.40. The summed E-state index contributed by atoms with van der Waals surface area (Å²) in [6.07, 6.45) is 10.0. The number of rotatable bonds is 7. The molecule has 0 radical (unpaired) electrons. The molecule has 2 aromatic carbocycles. The van der Waals surface area contributed by atoms with Gasteiger partial charge in [-0.25, -0.2) is 4.68 Å². The van der Waals surface area contributed by atoms with E-state index >= 15 is 0 Å². The van der Waals surface area contributed by atoms with Crippen molar-refractivity contribution in [3.8, 4) is 11.1 Å². The minimum absolute atomic E-state index is 0.0298. The molecule has 1 N–H and O–H groups in total. The smallest absolute Gasteiger partial charge is 0.110 e. The largest absolute Gasteiger partial charge is 0.371 e. The third kappa shape index (κ3) is 4.67. The summed E-state index contributed by atoms with van der Waals surface area (Å²) in [5.74, 6) is 0.768. The fourth-order valence-corrected chi connectivity index (χ4v) is 5.83. The number of nitrogens with one attached hydrogen (secondary N) is 1. The predicted molar refractivity (Wildman–Crippen MR) is 131 cm³/mol. The molecule has 6 heteroatoms. The molecule has 0 bridgehead atoms. The first-order chi connectivity index (χ1) is 16.8. The third-order valence-electron chi connectivity index (χ3n) is 7.78. The van der Waals surface area contributed by atoms with Crippen molar-refractivity contribution in [3.63, 3.8) is 0 Å². The van der Waals surface area contributed by atoms with Gasteiger partial charge in [-0.15, -0.1) is 5.10 Å². The van der Waals surface area contributed by atoms with Crippen molar-refractivity contribution in [2.45, 2.75) is 69.4 Å². The Hall–Kier alpha value is -2.54. The van der Waals surface area contributed by atoms with Crippen LogP contribution in [0, 0.1) is 5.92 Å². The van der Waals surface area contributed by atoms with Gasteiger partial charge < -0.3 is 14.8 Å². The van der Waals surface area contributed by atoms with Crippen LogP contribution in [0.25, 0.3) is 11.1 Å². The molecule has 6 rings (SSSR count). The van der Waals surface area contributed by atoms with Gasteiger partial charge in [0.15, 0.2) is 0 Å². The van der Waals surface area contributed by atoms with Gasteiger partial charge in [-0.05, 0) is 29.0 Å². The molecule has 3 fully saturated rings.